The van der Waals surface area contributed by atoms with Crippen LogP contribution in [0, 0.1) is 0 Å². The first-order valence-corrected chi connectivity index (χ1v) is 6.26. The molecular weight excluding hydrogens is 290 g/mol. The van der Waals surface area contributed by atoms with Gasteiger partial charge in [0.25, 0.3) is 5.91 Å². The minimum absolute atomic E-state index is 0.108. The molecule has 0 aliphatic carbocycles. The third kappa shape index (κ3) is 3.00. The van der Waals surface area contributed by atoms with Gasteiger partial charge in [-0.25, -0.2) is 4.79 Å². The fourth-order valence-electron chi connectivity index (χ4n) is 1.92. The molecule has 8 nitrogen and oxygen atoms in total. The molecule has 1 heterocycles. The van der Waals surface area contributed by atoms with Gasteiger partial charge in [-0.15, -0.1) is 0 Å². The van der Waals surface area contributed by atoms with Crippen LogP contribution in [0.15, 0.2) is 24.4 Å². The lowest BCUT2D eigenvalue weighted by Crippen LogP contribution is -2.15. The summed E-state index contributed by atoms with van der Waals surface area (Å²) in [6.45, 7) is 0. The molecule has 0 atom stereocenters. The number of methoxy groups -OCH3 is 2. The van der Waals surface area contributed by atoms with Gasteiger partial charge in [0.05, 0.1) is 26.1 Å². The standard InChI is InChI=1S/C14H15N3O5/c1-17-12(14(19)20)11(7-15-17)16-13(18)8-4-9(21-2)6-10(5-8)22-3/h4-7H,1-3H3,(H,16,18)(H,19,20). The predicted octanol–water partition coefficient (Wildman–Crippen LogP) is 1.39. The molecule has 1 aromatic carbocycles. The lowest BCUT2D eigenvalue weighted by atomic mass is 10.2. The highest BCUT2D eigenvalue weighted by Gasteiger charge is 2.19. The molecule has 0 fully saturated rings. The van der Waals surface area contributed by atoms with Gasteiger partial charge >= 0.3 is 5.97 Å². The molecule has 2 N–H and O–H groups in total. The van der Waals surface area contributed by atoms with Crippen LogP contribution in [0.1, 0.15) is 20.8 Å². The van der Waals surface area contributed by atoms with Gasteiger partial charge in [0.2, 0.25) is 0 Å². The van der Waals surface area contributed by atoms with Crippen molar-refractivity contribution in [3.8, 4) is 11.5 Å². The van der Waals surface area contributed by atoms with E-state index in [4.69, 9.17) is 14.6 Å². The highest BCUT2D eigenvalue weighted by Crippen LogP contribution is 2.23. The molecule has 0 bridgehead atoms. The largest absolute Gasteiger partial charge is 0.497 e. The van der Waals surface area contributed by atoms with Crippen LogP contribution in [0.2, 0.25) is 0 Å². The summed E-state index contributed by atoms with van der Waals surface area (Å²) in [5.74, 6) is -0.769. The number of aryl methyl sites for hydroxylation is 1. The van der Waals surface area contributed by atoms with Crippen LogP contribution >= 0.6 is 0 Å². The SMILES string of the molecule is COc1cc(OC)cc(C(=O)Nc2cnn(C)c2C(=O)O)c1. The summed E-state index contributed by atoms with van der Waals surface area (Å²) < 4.78 is 11.4. The third-order valence-corrected chi connectivity index (χ3v) is 3.00. The minimum Gasteiger partial charge on any atom is -0.497 e. The number of nitrogens with zero attached hydrogens (tertiary/aromatic N) is 2. The molecule has 0 radical (unpaired) electrons. The number of hydrogen-bond acceptors (Lipinski definition) is 5. The number of carboxylic acid groups (broad SMARTS) is 1. The number of aromatic carboxylic acids is 1. The first-order valence-electron chi connectivity index (χ1n) is 6.26. The molecule has 8 heteroatoms. The molecule has 0 aliphatic rings. The zero-order chi connectivity index (χ0) is 16.3. The monoisotopic (exact) mass is 305 g/mol. The van der Waals surface area contributed by atoms with Crippen molar-refractivity contribution < 1.29 is 24.2 Å². The van der Waals surface area contributed by atoms with E-state index < -0.39 is 11.9 Å². The van der Waals surface area contributed by atoms with Crippen LogP contribution in [-0.2, 0) is 7.05 Å². The molecule has 0 unspecified atom stereocenters. The van der Waals surface area contributed by atoms with Crippen LogP contribution in [0.3, 0.4) is 0 Å². The molecule has 2 rings (SSSR count). The normalized spacial score (nSPS) is 10.1. The van der Waals surface area contributed by atoms with E-state index in [2.05, 4.69) is 10.4 Å². The average Bonchev–Trinajstić information content (AvgIpc) is 2.87. The summed E-state index contributed by atoms with van der Waals surface area (Å²) in [7, 11) is 4.42. The Morgan fingerprint density at radius 2 is 1.77 bits per heavy atom. The molecule has 1 amide bonds. The van der Waals surface area contributed by atoms with E-state index in [0.717, 1.165) is 0 Å². The number of amides is 1. The van der Waals surface area contributed by atoms with Crippen molar-refractivity contribution in [3.05, 3.63) is 35.7 Å². The Hall–Kier alpha value is -3.03. The van der Waals surface area contributed by atoms with Crippen molar-refractivity contribution in [3.63, 3.8) is 0 Å². The van der Waals surface area contributed by atoms with Gasteiger partial charge in [0, 0.05) is 18.7 Å². The molecule has 22 heavy (non-hydrogen) atoms. The Kier molecular flexibility index (Phi) is 4.31. The average molecular weight is 305 g/mol. The third-order valence-electron chi connectivity index (χ3n) is 3.00. The molecule has 2 aromatic rings. The quantitative estimate of drug-likeness (QED) is 0.865. The lowest BCUT2D eigenvalue weighted by molar-refractivity contribution is 0.0686. The lowest BCUT2D eigenvalue weighted by Gasteiger charge is -2.09. The van der Waals surface area contributed by atoms with E-state index in [1.165, 1.54) is 44.3 Å². The van der Waals surface area contributed by atoms with Crippen molar-refractivity contribution >= 4 is 17.6 Å². The second-order valence-corrected chi connectivity index (χ2v) is 4.39. The van der Waals surface area contributed by atoms with Crippen molar-refractivity contribution in [2.24, 2.45) is 7.05 Å². The molecule has 0 saturated carbocycles. The van der Waals surface area contributed by atoms with E-state index >= 15 is 0 Å². The molecule has 0 saturated heterocycles. The summed E-state index contributed by atoms with van der Waals surface area (Å²) >= 11 is 0. The Bertz CT molecular complexity index is 701. The molecule has 116 valence electrons. The predicted molar refractivity (Wildman–Crippen MR) is 77.7 cm³/mol. The van der Waals surface area contributed by atoms with Crippen LogP contribution < -0.4 is 14.8 Å². The fourth-order valence-corrected chi connectivity index (χ4v) is 1.92. The molecule has 0 aliphatic heterocycles. The summed E-state index contributed by atoms with van der Waals surface area (Å²) in [5, 5.41) is 15.5. The van der Waals surface area contributed by atoms with E-state index in [1.807, 2.05) is 0 Å². The van der Waals surface area contributed by atoms with Gasteiger partial charge in [0.15, 0.2) is 5.69 Å². The maximum Gasteiger partial charge on any atom is 0.356 e. The number of carbonyl (C=O) groups excluding carboxylic acids is 1. The zero-order valence-corrected chi connectivity index (χ0v) is 12.3. The Morgan fingerprint density at radius 3 is 2.27 bits per heavy atom. The topological polar surface area (TPSA) is 103 Å². The summed E-state index contributed by atoms with van der Waals surface area (Å²) in [4.78, 5) is 23.5. The van der Waals surface area contributed by atoms with Gasteiger partial charge < -0.3 is 19.9 Å². The van der Waals surface area contributed by atoms with Crippen LogP contribution in [0.5, 0.6) is 11.5 Å². The van der Waals surface area contributed by atoms with Gasteiger partial charge in [-0.2, -0.15) is 5.10 Å². The molecule has 0 spiro atoms. The second-order valence-electron chi connectivity index (χ2n) is 4.39. The van der Waals surface area contributed by atoms with Gasteiger partial charge in [-0.1, -0.05) is 0 Å². The van der Waals surface area contributed by atoms with Crippen molar-refractivity contribution in [1.82, 2.24) is 9.78 Å². The maximum atomic E-state index is 12.3. The first-order chi connectivity index (χ1) is 10.5. The van der Waals surface area contributed by atoms with Crippen LogP contribution in [0.25, 0.3) is 0 Å². The van der Waals surface area contributed by atoms with Gasteiger partial charge in [-0.3, -0.25) is 9.48 Å². The van der Waals surface area contributed by atoms with Gasteiger partial charge in [-0.05, 0) is 12.1 Å². The number of benzene rings is 1. The van der Waals surface area contributed by atoms with E-state index in [-0.39, 0.29) is 16.9 Å². The van der Waals surface area contributed by atoms with Crippen molar-refractivity contribution in [1.29, 1.82) is 0 Å². The minimum atomic E-state index is -1.18. The fraction of sp³-hybridized carbons (Fsp3) is 0.214. The number of hydrogen-bond donors (Lipinski definition) is 2. The number of nitrogens with one attached hydrogen (secondary N) is 1. The summed E-state index contributed by atoms with van der Waals surface area (Å²) in [5.41, 5.74) is 0.279. The van der Waals surface area contributed by atoms with Crippen LogP contribution in [0.4, 0.5) is 5.69 Å². The highest BCUT2D eigenvalue weighted by molar-refractivity contribution is 6.07. The molecule has 1 aromatic heterocycles. The number of rotatable bonds is 5. The van der Waals surface area contributed by atoms with Crippen molar-refractivity contribution in [2.75, 3.05) is 19.5 Å². The number of carbonyl (C=O) groups is 2. The first kappa shape index (κ1) is 15.4. The van der Waals surface area contributed by atoms with E-state index in [1.54, 1.807) is 6.07 Å². The Morgan fingerprint density at radius 1 is 1.18 bits per heavy atom. The van der Waals surface area contributed by atoms with E-state index in [0.29, 0.717) is 11.5 Å². The summed E-state index contributed by atoms with van der Waals surface area (Å²) in [6, 6.07) is 4.67. The number of anilines is 1. The Labute approximate surface area is 126 Å². The zero-order valence-electron chi connectivity index (χ0n) is 12.3. The smallest absolute Gasteiger partial charge is 0.356 e. The highest BCUT2D eigenvalue weighted by atomic mass is 16.5. The maximum absolute atomic E-state index is 12.3. The van der Waals surface area contributed by atoms with E-state index in [9.17, 15) is 9.59 Å². The van der Waals surface area contributed by atoms with Gasteiger partial charge in [0.1, 0.15) is 11.5 Å². The number of aromatic nitrogens is 2. The number of carboxylic acids is 1. The molecular formula is C14H15N3O5. The van der Waals surface area contributed by atoms with Crippen molar-refractivity contribution in [2.45, 2.75) is 0 Å². The van der Waals surface area contributed by atoms with Crippen LogP contribution in [-0.4, -0.2) is 41.0 Å². The Balaban J connectivity index is 2.32. The summed E-state index contributed by atoms with van der Waals surface area (Å²) in [6.07, 6.45) is 1.28. The number of ether oxygens (including phenoxy) is 2. The second kappa shape index (κ2) is 6.17.